The Hall–Kier alpha value is -2.89. The van der Waals surface area contributed by atoms with Crippen LogP contribution < -0.4 is 16.0 Å². The molecule has 0 radical (unpaired) electrons. The number of rotatable bonds is 8. The molecule has 6 heteroatoms. The minimum Gasteiger partial charge on any atom is -0.370 e. The van der Waals surface area contributed by atoms with Gasteiger partial charge in [0.2, 0.25) is 5.91 Å². The first-order chi connectivity index (χ1) is 12.1. The molecule has 1 aromatic heterocycles. The summed E-state index contributed by atoms with van der Waals surface area (Å²) in [5.41, 5.74) is 1.89. The highest BCUT2D eigenvalue weighted by molar-refractivity contribution is 6.04. The lowest BCUT2D eigenvalue weighted by Gasteiger charge is -2.09. The summed E-state index contributed by atoms with van der Waals surface area (Å²) in [7, 11) is 0. The summed E-state index contributed by atoms with van der Waals surface area (Å²) in [5, 5.41) is 8.75. The molecule has 0 atom stereocenters. The minimum absolute atomic E-state index is 0.132. The second kappa shape index (κ2) is 9.42. The number of hydrogen-bond donors (Lipinski definition) is 3. The summed E-state index contributed by atoms with van der Waals surface area (Å²) in [4.78, 5) is 27.6. The van der Waals surface area contributed by atoms with Crippen molar-refractivity contribution in [1.82, 2.24) is 4.98 Å². The first-order valence-corrected chi connectivity index (χ1v) is 8.47. The number of unbranched alkanes of at least 4 members (excludes halogenated alkanes) is 2. The lowest BCUT2D eigenvalue weighted by molar-refractivity contribution is -0.114. The van der Waals surface area contributed by atoms with Crippen molar-refractivity contribution in [3.05, 3.63) is 48.2 Å². The quantitative estimate of drug-likeness (QED) is 0.637. The molecule has 0 aliphatic carbocycles. The van der Waals surface area contributed by atoms with E-state index >= 15 is 0 Å². The predicted molar refractivity (Wildman–Crippen MR) is 101 cm³/mol. The first-order valence-electron chi connectivity index (χ1n) is 8.47. The van der Waals surface area contributed by atoms with Crippen LogP contribution in [0.3, 0.4) is 0 Å². The van der Waals surface area contributed by atoms with E-state index in [9.17, 15) is 9.59 Å². The molecule has 0 fully saturated rings. The average Bonchev–Trinajstić information content (AvgIpc) is 2.60. The van der Waals surface area contributed by atoms with Crippen LogP contribution in [0.25, 0.3) is 0 Å². The van der Waals surface area contributed by atoms with Crippen LogP contribution in [0.5, 0.6) is 0 Å². The molecule has 3 N–H and O–H groups in total. The second-order valence-electron chi connectivity index (χ2n) is 5.78. The minimum atomic E-state index is -0.203. The van der Waals surface area contributed by atoms with E-state index in [2.05, 4.69) is 27.9 Å². The maximum absolute atomic E-state index is 12.4. The summed E-state index contributed by atoms with van der Waals surface area (Å²) < 4.78 is 0. The molecule has 0 saturated carbocycles. The molecule has 0 aliphatic heterocycles. The molecule has 6 nitrogen and oxygen atoms in total. The van der Waals surface area contributed by atoms with Crippen LogP contribution in [0.15, 0.2) is 42.6 Å². The summed E-state index contributed by atoms with van der Waals surface area (Å²) in [6.45, 7) is 4.45. The van der Waals surface area contributed by atoms with Crippen LogP contribution in [0.1, 0.15) is 43.5 Å². The van der Waals surface area contributed by atoms with E-state index in [0.717, 1.165) is 19.4 Å². The predicted octanol–water partition coefficient (Wildman–Crippen LogP) is 3.89. The molecule has 0 spiro atoms. The highest BCUT2D eigenvalue weighted by Crippen LogP contribution is 2.15. The molecule has 1 aromatic carbocycles. The fourth-order valence-corrected chi connectivity index (χ4v) is 2.30. The van der Waals surface area contributed by atoms with E-state index in [1.54, 1.807) is 42.6 Å². The van der Waals surface area contributed by atoms with Gasteiger partial charge < -0.3 is 16.0 Å². The number of nitrogens with one attached hydrogen (secondary N) is 3. The van der Waals surface area contributed by atoms with Crippen LogP contribution in [0.2, 0.25) is 0 Å². The van der Waals surface area contributed by atoms with E-state index in [4.69, 9.17) is 0 Å². The van der Waals surface area contributed by atoms with Crippen LogP contribution >= 0.6 is 0 Å². The zero-order valence-electron chi connectivity index (χ0n) is 14.6. The summed E-state index contributed by atoms with van der Waals surface area (Å²) in [6, 6.07) is 10.4. The molecule has 2 aromatic rings. The van der Waals surface area contributed by atoms with Crippen molar-refractivity contribution in [2.75, 3.05) is 22.5 Å². The fraction of sp³-hybridized carbons (Fsp3) is 0.316. The van der Waals surface area contributed by atoms with Gasteiger partial charge in [-0.2, -0.15) is 0 Å². The zero-order chi connectivity index (χ0) is 18.1. The van der Waals surface area contributed by atoms with Gasteiger partial charge in [-0.3, -0.25) is 9.59 Å². The number of carbonyl (C=O) groups excluding carboxylic acids is 2. The van der Waals surface area contributed by atoms with Crippen LogP contribution in [-0.4, -0.2) is 23.3 Å². The molecular formula is C19H24N4O2. The maximum atomic E-state index is 12.4. The van der Waals surface area contributed by atoms with Crippen molar-refractivity contribution in [2.24, 2.45) is 0 Å². The van der Waals surface area contributed by atoms with E-state index in [0.29, 0.717) is 22.8 Å². The van der Waals surface area contributed by atoms with Gasteiger partial charge in [-0.25, -0.2) is 4.98 Å². The number of benzene rings is 1. The molecule has 25 heavy (non-hydrogen) atoms. The third-order valence-corrected chi connectivity index (χ3v) is 3.57. The normalized spacial score (nSPS) is 10.2. The summed E-state index contributed by atoms with van der Waals surface area (Å²) in [5.74, 6) is 0.364. The number of carbonyl (C=O) groups is 2. The maximum Gasteiger partial charge on any atom is 0.255 e. The number of amides is 2. The van der Waals surface area contributed by atoms with Crippen molar-refractivity contribution >= 4 is 29.0 Å². The standard InChI is InChI=1S/C19H24N4O2/c1-3-4-5-11-20-18-13-15(10-12-21-18)19(25)23-17-8-6-16(7-9-17)22-14(2)24/h6-10,12-13H,3-5,11H2,1-2H3,(H,20,21)(H,22,24)(H,23,25). The SMILES string of the molecule is CCCCCNc1cc(C(=O)Nc2ccc(NC(C)=O)cc2)ccn1. The van der Waals surface area contributed by atoms with Crippen molar-refractivity contribution in [2.45, 2.75) is 33.1 Å². The third kappa shape index (κ3) is 6.25. The zero-order valence-corrected chi connectivity index (χ0v) is 14.6. The molecule has 0 unspecified atom stereocenters. The molecular weight excluding hydrogens is 316 g/mol. The average molecular weight is 340 g/mol. The first kappa shape index (κ1) is 18.4. The molecule has 2 amide bonds. The van der Waals surface area contributed by atoms with Crippen molar-refractivity contribution in [1.29, 1.82) is 0 Å². The number of hydrogen-bond acceptors (Lipinski definition) is 4. The lowest BCUT2D eigenvalue weighted by atomic mass is 10.2. The number of pyridine rings is 1. The van der Waals surface area contributed by atoms with E-state index in [1.807, 2.05) is 0 Å². The van der Waals surface area contributed by atoms with Gasteiger partial charge in [0.05, 0.1) is 0 Å². The Morgan fingerprint density at radius 2 is 1.68 bits per heavy atom. The molecule has 0 bridgehead atoms. The smallest absolute Gasteiger partial charge is 0.255 e. The summed E-state index contributed by atoms with van der Waals surface area (Å²) in [6.07, 6.45) is 5.03. The monoisotopic (exact) mass is 340 g/mol. The Bertz CT molecular complexity index is 714. The number of aromatic nitrogens is 1. The van der Waals surface area contributed by atoms with Crippen LogP contribution in [-0.2, 0) is 4.79 Å². The van der Waals surface area contributed by atoms with Gasteiger partial charge in [-0.1, -0.05) is 19.8 Å². The van der Waals surface area contributed by atoms with Gasteiger partial charge in [0.15, 0.2) is 0 Å². The Morgan fingerprint density at radius 3 is 2.32 bits per heavy atom. The van der Waals surface area contributed by atoms with E-state index in [-0.39, 0.29) is 11.8 Å². The highest BCUT2D eigenvalue weighted by atomic mass is 16.2. The third-order valence-electron chi connectivity index (χ3n) is 3.57. The Balaban J connectivity index is 1.94. The highest BCUT2D eigenvalue weighted by Gasteiger charge is 2.07. The van der Waals surface area contributed by atoms with Gasteiger partial charge in [0, 0.05) is 36.6 Å². The second-order valence-corrected chi connectivity index (χ2v) is 5.78. The van der Waals surface area contributed by atoms with E-state index in [1.165, 1.54) is 13.3 Å². The lowest BCUT2D eigenvalue weighted by Crippen LogP contribution is -2.13. The molecule has 1 heterocycles. The van der Waals surface area contributed by atoms with Crippen LogP contribution in [0, 0.1) is 0 Å². The molecule has 132 valence electrons. The topological polar surface area (TPSA) is 83.1 Å². The Kier molecular flexibility index (Phi) is 6.95. The largest absolute Gasteiger partial charge is 0.370 e. The van der Waals surface area contributed by atoms with Crippen molar-refractivity contribution < 1.29 is 9.59 Å². The van der Waals surface area contributed by atoms with Gasteiger partial charge in [-0.15, -0.1) is 0 Å². The van der Waals surface area contributed by atoms with Crippen molar-refractivity contribution in [3.63, 3.8) is 0 Å². The van der Waals surface area contributed by atoms with Gasteiger partial charge in [0.1, 0.15) is 5.82 Å². The van der Waals surface area contributed by atoms with Gasteiger partial charge in [-0.05, 0) is 42.8 Å². The van der Waals surface area contributed by atoms with Crippen LogP contribution in [0.4, 0.5) is 17.2 Å². The fourth-order valence-electron chi connectivity index (χ4n) is 2.30. The molecule has 2 rings (SSSR count). The van der Waals surface area contributed by atoms with Gasteiger partial charge >= 0.3 is 0 Å². The van der Waals surface area contributed by atoms with Gasteiger partial charge in [0.25, 0.3) is 5.91 Å². The van der Waals surface area contributed by atoms with E-state index < -0.39 is 0 Å². The molecule has 0 aliphatic rings. The van der Waals surface area contributed by atoms with Crippen molar-refractivity contribution in [3.8, 4) is 0 Å². The Labute approximate surface area is 148 Å². The number of nitrogens with zero attached hydrogens (tertiary/aromatic N) is 1. The number of anilines is 3. The Morgan fingerprint density at radius 1 is 1.00 bits per heavy atom. The molecule has 0 saturated heterocycles. The summed E-state index contributed by atoms with van der Waals surface area (Å²) >= 11 is 0.